The van der Waals surface area contributed by atoms with Gasteiger partial charge in [0.2, 0.25) is 5.91 Å². The van der Waals surface area contributed by atoms with E-state index < -0.39 is 5.97 Å². The van der Waals surface area contributed by atoms with E-state index in [1.54, 1.807) is 12.1 Å². The Hall–Kier alpha value is -1.20. The Bertz CT molecular complexity index is 394. The van der Waals surface area contributed by atoms with Gasteiger partial charge in [-0.2, -0.15) is 0 Å². The minimum Gasteiger partial charge on any atom is -0.549 e. The molecule has 1 amide bonds. The molecule has 0 heterocycles. The monoisotopic (exact) mass is 272 g/mol. The van der Waals surface area contributed by atoms with Crippen molar-refractivity contribution in [1.29, 1.82) is 0 Å². The molecule has 0 aliphatic carbocycles. The summed E-state index contributed by atoms with van der Waals surface area (Å²) in [5, 5.41) is 13.4. The normalized spacial score (nSPS) is 9.94. The molecule has 0 saturated carbocycles. The number of thioether (sulfide) groups is 1. The van der Waals surface area contributed by atoms with E-state index in [9.17, 15) is 14.7 Å². The average molecular weight is 273 g/mol. The van der Waals surface area contributed by atoms with Crippen molar-refractivity contribution in [3.8, 4) is 0 Å². The molecule has 0 aliphatic heterocycles. The van der Waals surface area contributed by atoms with E-state index in [4.69, 9.17) is 11.6 Å². The molecule has 0 radical (unpaired) electrons. The number of carboxylic acid groups (broad SMARTS) is 1. The molecular formula is C11H11ClNO3S-. The Morgan fingerprint density at radius 1 is 1.24 bits per heavy atom. The van der Waals surface area contributed by atoms with Crippen molar-refractivity contribution >= 4 is 35.2 Å². The number of carbonyl (C=O) groups excluding carboxylic acids is 2. The van der Waals surface area contributed by atoms with Gasteiger partial charge in [0.05, 0.1) is 11.7 Å². The first-order chi connectivity index (χ1) is 8.08. The van der Waals surface area contributed by atoms with Crippen LogP contribution in [-0.4, -0.2) is 23.4 Å². The van der Waals surface area contributed by atoms with E-state index in [0.29, 0.717) is 11.6 Å². The smallest absolute Gasteiger partial charge is 0.230 e. The number of hydrogen-bond acceptors (Lipinski definition) is 4. The quantitative estimate of drug-likeness (QED) is 0.816. The molecule has 0 spiro atoms. The van der Waals surface area contributed by atoms with Crippen LogP contribution in [0.5, 0.6) is 0 Å². The highest BCUT2D eigenvalue weighted by molar-refractivity contribution is 8.00. The zero-order valence-electron chi connectivity index (χ0n) is 8.94. The van der Waals surface area contributed by atoms with Gasteiger partial charge in [0.25, 0.3) is 0 Å². The number of hydrogen-bond donors (Lipinski definition) is 1. The predicted molar refractivity (Wildman–Crippen MR) is 65.6 cm³/mol. The van der Waals surface area contributed by atoms with Gasteiger partial charge in [0.15, 0.2) is 0 Å². The molecule has 0 atom stereocenters. The van der Waals surface area contributed by atoms with E-state index in [-0.39, 0.29) is 17.4 Å². The summed E-state index contributed by atoms with van der Waals surface area (Å²) in [4.78, 5) is 21.4. The fraction of sp³-hybridized carbons (Fsp3) is 0.273. The van der Waals surface area contributed by atoms with Crippen LogP contribution in [0, 0.1) is 0 Å². The second-order valence-corrected chi connectivity index (χ2v) is 4.69. The van der Waals surface area contributed by atoms with Crippen molar-refractivity contribution in [3.05, 3.63) is 34.9 Å². The number of carbonyl (C=O) groups is 2. The molecule has 17 heavy (non-hydrogen) atoms. The maximum Gasteiger partial charge on any atom is 0.230 e. The number of aliphatic carboxylic acids is 1. The van der Waals surface area contributed by atoms with Crippen LogP contribution < -0.4 is 10.4 Å². The first kappa shape index (κ1) is 13.9. The summed E-state index contributed by atoms with van der Waals surface area (Å²) in [7, 11) is 0. The highest BCUT2D eigenvalue weighted by Gasteiger charge is 2.01. The molecule has 92 valence electrons. The van der Waals surface area contributed by atoms with Crippen molar-refractivity contribution in [2.24, 2.45) is 0 Å². The molecule has 0 bridgehead atoms. The number of rotatable bonds is 6. The van der Waals surface area contributed by atoms with Crippen molar-refractivity contribution < 1.29 is 14.7 Å². The molecule has 0 aliphatic rings. The third-order valence-corrected chi connectivity index (χ3v) is 3.01. The van der Waals surface area contributed by atoms with E-state index in [2.05, 4.69) is 5.32 Å². The van der Waals surface area contributed by atoms with Crippen molar-refractivity contribution in [3.63, 3.8) is 0 Å². The standard InChI is InChI=1S/C11H12ClNO3S/c12-9-3-1-8(2-4-9)5-13-10(14)6-17-7-11(15)16/h1-4H,5-7H2,(H,13,14)(H,15,16)/p-1. The van der Waals surface area contributed by atoms with Gasteiger partial charge in [0, 0.05) is 17.3 Å². The number of carboxylic acids is 1. The van der Waals surface area contributed by atoms with Crippen LogP contribution in [0.2, 0.25) is 5.02 Å². The first-order valence-electron chi connectivity index (χ1n) is 4.86. The Kier molecular flexibility index (Phi) is 5.86. The van der Waals surface area contributed by atoms with Gasteiger partial charge in [-0.05, 0) is 17.7 Å². The van der Waals surface area contributed by atoms with Gasteiger partial charge in [-0.1, -0.05) is 23.7 Å². The van der Waals surface area contributed by atoms with Gasteiger partial charge in [-0.15, -0.1) is 11.8 Å². The fourth-order valence-electron chi connectivity index (χ4n) is 1.08. The lowest BCUT2D eigenvalue weighted by molar-refractivity contribution is -0.301. The summed E-state index contributed by atoms with van der Waals surface area (Å²) in [6.07, 6.45) is 0. The maximum atomic E-state index is 11.3. The molecule has 1 rings (SSSR count). The maximum absolute atomic E-state index is 11.3. The molecule has 6 heteroatoms. The van der Waals surface area contributed by atoms with Gasteiger partial charge < -0.3 is 15.2 Å². The van der Waals surface area contributed by atoms with Gasteiger partial charge in [-0.25, -0.2) is 0 Å². The van der Waals surface area contributed by atoms with Gasteiger partial charge in [0.1, 0.15) is 0 Å². The SMILES string of the molecule is O=C([O-])CSCC(=O)NCc1ccc(Cl)cc1. The molecule has 1 aromatic carbocycles. The molecular weight excluding hydrogens is 262 g/mol. The largest absolute Gasteiger partial charge is 0.549 e. The second-order valence-electron chi connectivity index (χ2n) is 3.27. The second kappa shape index (κ2) is 7.19. The van der Waals surface area contributed by atoms with E-state index in [0.717, 1.165) is 17.3 Å². The zero-order valence-corrected chi connectivity index (χ0v) is 10.5. The van der Waals surface area contributed by atoms with Crippen molar-refractivity contribution in [2.45, 2.75) is 6.54 Å². The lowest BCUT2D eigenvalue weighted by Crippen LogP contribution is -2.28. The highest BCUT2D eigenvalue weighted by atomic mass is 35.5. The van der Waals surface area contributed by atoms with Crippen LogP contribution in [0.4, 0.5) is 0 Å². The molecule has 0 aromatic heterocycles. The lowest BCUT2D eigenvalue weighted by Gasteiger charge is -2.05. The summed E-state index contributed by atoms with van der Waals surface area (Å²) in [6, 6.07) is 7.12. The summed E-state index contributed by atoms with van der Waals surface area (Å²) in [5.41, 5.74) is 0.938. The first-order valence-corrected chi connectivity index (χ1v) is 6.40. The van der Waals surface area contributed by atoms with Crippen LogP contribution in [0.15, 0.2) is 24.3 Å². The van der Waals surface area contributed by atoms with Gasteiger partial charge in [-0.3, -0.25) is 4.79 Å². The molecule has 0 fully saturated rings. The third kappa shape index (κ3) is 6.19. The minimum atomic E-state index is -1.17. The Labute approximate surface area is 108 Å². The van der Waals surface area contributed by atoms with Crippen LogP contribution >= 0.6 is 23.4 Å². The highest BCUT2D eigenvalue weighted by Crippen LogP contribution is 2.09. The molecule has 4 nitrogen and oxygen atoms in total. The average Bonchev–Trinajstić information content (AvgIpc) is 2.28. The van der Waals surface area contributed by atoms with Crippen molar-refractivity contribution in [2.75, 3.05) is 11.5 Å². The van der Waals surface area contributed by atoms with Crippen LogP contribution in [0.1, 0.15) is 5.56 Å². The lowest BCUT2D eigenvalue weighted by atomic mass is 10.2. The van der Waals surface area contributed by atoms with E-state index in [1.165, 1.54) is 0 Å². The predicted octanol–water partition coefficient (Wildman–Crippen LogP) is 0.439. The fourth-order valence-corrected chi connectivity index (χ4v) is 1.76. The molecule has 1 N–H and O–H groups in total. The summed E-state index contributed by atoms with van der Waals surface area (Å²) in [6.45, 7) is 0.405. The number of halogens is 1. The van der Waals surface area contributed by atoms with Crippen LogP contribution in [-0.2, 0) is 16.1 Å². The zero-order chi connectivity index (χ0) is 12.7. The van der Waals surface area contributed by atoms with Gasteiger partial charge >= 0.3 is 0 Å². The summed E-state index contributed by atoms with van der Waals surface area (Å²) in [5.74, 6) is -1.43. The number of nitrogens with one attached hydrogen (secondary N) is 1. The van der Waals surface area contributed by atoms with E-state index >= 15 is 0 Å². The molecule has 1 aromatic rings. The molecule has 0 unspecified atom stereocenters. The van der Waals surface area contributed by atoms with E-state index in [1.807, 2.05) is 12.1 Å². The summed E-state index contributed by atoms with van der Waals surface area (Å²) < 4.78 is 0. The molecule has 0 saturated heterocycles. The third-order valence-electron chi connectivity index (χ3n) is 1.86. The number of benzene rings is 1. The topological polar surface area (TPSA) is 69.2 Å². The van der Waals surface area contributed by atoms with Crippen LogP contribution in [0.3, 0.4) is 0 Å². The minimum absolute atomic E-state index is 0.113. The number of amides is 1. The Morgan fingerprint density at radius 3 is 2.47 bits per heavy atom. The van der Waals surface area contributed by atoms with Crippen molar-refractivity contribution in [1.82, 2.24) is 5.32 Å². The van der Waals surface area contributed by atoms with Crippen LogP contribution in [0.25, 0.3) is 0 Å². The summed E-state index contributed by atoms with van der Waals surface area (Å²) >= 11 is 6.73. The Balaban J connectivity index is 2.23. The Morgan fingerprint density at radius 2 is 1.88 bits per heavy atom.